The summed E-state index contributed by atoms with van der Waals surface area (Å²) in [7, 11) is 1.80. The highest BCUT2D eigenvalue weighted by atomic mass is 16.6. The summed E-state index contributed by atoms with van der Waals surface area (Å²) in [5.41, 5.74) is 0.725. The smallest absolute Gasteiger partial charge is 0.281 e. The molecule has 0 spiro atoms. The van der Waals surface area contributed by atoms with E-state index in [4.69, 9.17) is 0 Å². The van der Waals surface area contributed by atoms with Gasteiger partial charge >= 0.3 is 0 Å². The standard InChI is InChI=1S/C12H13N5O4/c1-13-5-9-6-14-15(7-9)8-10-2-3-11(16(18)19)4-12(10)17(20)21/h2-4,6-7,13H,5,8H2,1H3. The van der Waals surface area contributed by atoms with Crippen molar-refractivity contribution in [1.82, 2.24) is 15.1 Å². The molecule has 9 nitrogen and oxygen atoms in total. The number of nitrogens with one attached hydrogen (secondary N) is 1. The molecular weight excluding hydrogens is 278 g/mol. The van der Waals surface area contributed by atoms with Crippen LogP contribution in [0.25, 0.3) is 0 Å². The summed E-state index contributed by atoms with van der Waals surface area (Å²) >= 11 is 0. The van der Waals surface area contributed by atoms with Gasteiger partial charge in [0.15, 0.2) is 0 Å². The SMILES string of the molecule is CNCc1cnn(Cc2ccc([N+](=O)[O-])cc2[N+](=O)[O-])c1. The van der Waals surface area contributed by atoms with Crippen molar-refractivity contribution in [3.63, 3.8) is 0 Å². The number of nitrogens with zero attached hydrogens (tertiary/aromatic N) is 4. The van der Waals surface area contributed by atoms with Gasteiger partial charge in [-0.25, -0.2) is 0 Å². The lowest BCUT2D eigenvalue weighted by Crippen LogP contribution is -2.05. The van der Waals surface area contributed by atoms with Crippen LogP contribution in [-0.2, 0) is 13.1 Å². The van der Waals surface area contributed by atoms with Gasteiger partial charge in [0.2, 0.25) is 0 Å². The maximum atomic E-state index is 11.0. The Morgan fingerprint density at radius 2 is 2.05 bits per heavy atom. The predicted molar refractivity (Wildman–Crippen MR) is 73.8 cm³/mol. The fraction of sp³-hybridized carbons (Fsp3) is 0.250. The van der Waals surface area contributed by atoms with Gasteiger partial charge in [-0.15, -0.1) is 0 Å². The van der Waals surface area contributed by atoms with Crippen LogP contribution in [0.5, 0.6) is 0 Å². The van der Waals surface area contributed by atoms with E-state index in [1.165, 1.54) is 12.1 Å². The second-order valence-corrected chi connectivity index (χ2v) is 4.40. The molecule has 0 saturated carbocycles. The molecule has 0 unspecified atom stereocenters. The van der Waals surface area contributed by atoms with Crippen molar-refractivity contribution in [2.45, 2.75) is 13.1 Å². The summed E-state index contributed by atoms with van der Waals surface area (Å²) in [5, 5.41) is 28.8. The van der Waals surface area contributed by atoms with Gasteiger partial charge in [-0.1, -0.05) is 0 Å². The van der Waals surface area contributed by atoms with Crippen molar-refractivity contribution in [3.8, 4) is 0 Å². The van der Waals surface area contributed by atoms with E-state index in [1.807, 2.05) is 0 Å². The molecule has 1 aromatic carbocycles. The Kier molecular flexibility index (Phi) is 4.24. The highest BCUT2D eigenvalue weighted by Gasteiger charge is 2.19. The average molecular weight is 291 g/mol. The topological polar surface area (TPSA) is 116 Å². The molecule has 0 radical (unpaired) electrons. The first-order chi connectivity index (χ1) is 10.0. The third kappa shape index (κ3) is 3.39. The summed E-state index contributed by atoms with van der Waals surface area (Å²) in [6.07, 6.45) is 3.43. The second kappa shape index (κ2) is 6.09. The van der Waals surface area contributed by atoms with Gasteiger partial charge in [0.25, 0.3) is 11.4 Å². The van der Waals surface area contributed by atoms with Gasteiger partial charge in [-0.2, -0.15) is 5.10 Å². The second-order valence-electron chi connectivity index (χ2n) is 4.40. The maximum absolute atomic E-state index is 11.0. The van der Waals surface area contributed by atoms with E-state index >= 15 is 0 Å². The molecule has 2 aromatic rings. The van der Waals surface area contributed by atoms with Crippen LogP contribution in [0.2, 0.25) is 0 Å². The molecule has 0 atom stereocenters. The highest BCUT2D eigenvalue weighted by molar-refractivity contribution is 5.49. The first kappa shape index (κ1) is 14.6. The fourth-order valence-corrected chi connectivity index (χ4v) is 1.93. The summed E-state index contributed by atoms with van der Waals surface area (Å²) in [6.45, 7) is 0.820. The molecule has 0 saturated heterocycles. The summed E-state index contributed by atoms with van der Waals surface area (Å²) in [5.74, 6) is 0. The zero-order valence-electron chi connectivity index (χ0n) is 11.2. The number of nitro groups is 2. The van der Waals surface area contributed by atoms with Gasteiger partial charge in [0.05, 0.1) is 34.2 Å². The molecular formula is C12H13N5O4. The lowest BCUT2D eigenvalue weighted by molar-refractivity contribution is -0.394. The largest absolute Gasteiger partial charge is 0.316 e. The maximum Gasteiger partial charge on any atom is 0.281 e. The number of hydrogen-bond acceptors (Lipinski definition) is 6. The van der Waals surface area contributed by atoms with E-state index in [1.54, 1.807) is 24.1 Å². The molecule has 0 aliphatic rings. The van der Waals surface area contributed by atoms with Crippen molar-refractivity contribution in [2.75, 3.05) is 7.05 Å². The molecule has 2 rings (SSSR count). The van der Waals surface area contributed by atoms with E-state index < -0.39 is 9.85 Å². The molecule has 0 fully saturated rings. The van der Waals surface area contributed by atoms with Gasteiger partial charge in [-0.3, -0.25) is 24.9 Å². The fourth-order valence-electron chi connectivity index (χ4n) is 1.93. The Balaban J connectivity index is 2.29. The normalized spacial score (nSPS) is 10.5. The van der Waals surface area contributed by atoms with Crippen molar-refractivity contribution in [3.05, 3.63) is 61.9 Å². The summed E-state index contributed by atoms with van der Waals surface area (Å²) in [6, 6.07) is 3.60. The molecule has 21 heavy (non-hydrogen) atoms. The Labute approximate surface area is 119 Å². The van der Waals surface area contributed by atoms with Crippen molar-refractivity contribution < 1.29 is 9.85 Å². The Hall–Kier alpha value is -2.81. The highest BCUT2D eigenvalue weighted by Crippen LogP contribution is 2.25. The third-order valence-electron chi connectivity index (χ3n) is 2.88. The van der Waals surface area contributed by atoms with E-state index in [0.717, 1.165) is 11.6 Å². The van der Waals surface area contributed by atoms with E-state index in [-0.39, 0.29) is 17.9 Å². The Morgan fingerprint density at radius 3 is 2.67 bits per heavy atom. The number of hydrogen-bond donors (Lipinski definition) is 1. The van der Waals surface area contributed by atoms with Crippen LogP contribution in [0.4, 0.5) is 11.4 Å². The van der Waals surface area contributed by atoms with Crippen LogP contribution in [-0.4, -0.2) is 26.7 Å². The molecule has 9 heteroatoms. The van der Waals surface area contributed by atoms with Gasteiger partial charge in [0.1, 0.15) is 0 Å². The molecule has 0 aliphatic heterocycles. The first-order valence-electron chi connectivity index (χ1n) is 6.09. The van der Waals surface area contributed by atoms with Crippen molar-refractivity contribution in [1.29, 1.82) is 0 Å². The molecule has 110 valence electrons. The number of rotatable bonds is 6. The van der Waals surface area contributed by atoms with Gasteiger partial charge in [-0.05, 0) is 13.1 Å². The number of aromatic nitrogens is 2. The molecule has 0 aliphatic carbocycles. The molecule has 1 heterocycles. The zero-order valence-corrected chi connectivity index (χ0v) is 11.2. The molecule has 1 N–H and O–H groups in total. The van der Waals surface area contributed by atoms with Gasteiger partial charge in [0, 0.05) is 24.4 Å². The molecule has 0 amide bonds. The predicted octanol–water partition coefficient (Wildman–Crippen LogP) is 1.47. The van der Waals surface area contributed by atoms with E-state index in [2.05, 4.69) is 10.4 Å². The Morgan fingerprint density at radius 1 is 1.29 bits per heavy atom. The average Bonchev–Trinajstić information content (AvgIpc) is 2.86. The zero-order chi connectivity index (χ0) is 15.4. The summed E-state index contributed by atoms with van der Waals surface area (Å²) in [4.78, 5) is 20.4. The first-order valence-corrected chi connectivity index (χ1v) is 6.09. The number of non-ortho nitro benzene ring substituents is 1. The Bertz CT molecular complexity index is 682. The van der Waals surface area contributed by atoms with Crippen LogP contribution in [0, 0.1) is 20.2 Å². The minimum absolute atomic E-state index is 0.179. The van der Waals surface area contributed by atoms with E-state index in [9.17, 15) is 20.2 Å². The van der Waals surface area contributed by atoms with Crippen molar-refractivity contribution in [2.24, 2.45) is 0 Å². The van der Waals surface area contributed by atoms with Crippen LogP contribution < -0.4 is 5.32 Å². The van der Waals surface area contributed by atoms with Crippen LogP contribution in [0.3, 0.4) is 0 Å². The quantitative estimate of drug-likeness (QED) is 0.636. The van der Waals surface area contributed by atoms with Crippen LogP contribution in [0.1, 0.15) is 11.1 Å². The van der Waals surface area contributed by atoms with Crippen LogP contribution >= 0.6 is 0 Å². The number of benzene rings is 1. The lowest BCUT2D eigenvalue weighted by atomic mass is 10.1. The monoisotopic (exact) mass is 291 g/mol. The minimum Gasteiger partial charge on any atom is -0.316 e. The molecule has 1 aromatic heterocycles. The minimum atomic E-state index is -0.657. The van der Waals surface area contributed by atoms with Crippen molar-refractivity contribution >= 4 is 11.4 Å². The van der Waals surface area contributed by atoms with E-state index in [0.29, 0.717) is 12.1 Å². The molecule has 0 bridgehead atoms. The third-order valence-corrected chi connectivity index (χ3v) is 2.88. The number of nitro benzene ring substituents is 2. The lowest BCUT2D eigenvalue weighted by Gasteiger charge is -2.03. The summed E-state index contributed by atoms with van der Waals surface area (Å²) < 4.78 is 1.56. The van der Waals surface area contributed by atoms with Crippen LogP contribution in [0.15, 0.2) is 30.6 Å². The van der Waals surface area contributed by atoms with Gasteiger partial charge < -0.3 is 5.32 Å².